The molecule has 8 rings (SSSR count). The molecule has 0 N–H and O–H groups in total. The van der Waals surface area contributed by atoms with Gasteiger partial charge in [-0.3, -0.25) is 0 Å². The molecule has 2 aliphatic carbocycles. The van der Waals surface area contributed by atoms with E-state index in [2.05, 4.69) is 122 Å². The minimum atomic E-state index is 0.182. The van der Waals surface area contributed by atoms with Crippen molar-refractivity contribution in [1.82, 2.24) is 0 Å². The molecule has 0 amide bonds. The Balaban J connectivity index is 1.23. The molecule has 0 radical (unpaired) electrons. The lowest BCUT2D eigenvalue weighted by Crippen LogP contribution is -2.13. The SMILES string of the molecule is C=C1C(c2ccc3sc4cccc(-c5ccc(-c6ccccc6C#N)cc5)c4c3c2)=CC=C2C=Cc3ccccc3C12. The summed E-state index contributed by atoms with van der Waals surface area (Å²) in [6.45, 7) is 4.64. The maximum Gasteiger partial charge on any atom is 0.0998 e. The van der Waals surface area contributed by atoms with E-state index < -0.39 is 0 Å². The van der Waals surface area contributed by atoms with E-state index in [-0.39, 0.29) is 5.92 Å². The zero-order chi connectivity index (χ0) is 28.2. The highest BCUT2D eigenvalue weighted by molar-refractivity contribution is 7.25. The largest absolute Gasteiger partial charge is 0.192 e. The number of allylic oxidation sites excluding steroid dienone is 6. The standard InChI is InChI=1S/C40H25NS/c1-25-32(21-19-29-18-17-26-7-2-5-10-34(26)39(25)29)30-20-22-37-36(23-30)40-35(11-6-12-38(40)42-37)28-15-13-27(14-16-28)33-9-4-3-8-31(33)24-41/h2-23,39H,1H2. The molecule has 196 valence electrons. The van der Waals surface area contributed by atoms with Gasteiger partial charge in [0.2, 0.25) is 0 Å². The van der Waals surface area contributed by atoms with E-state index >= 15 is 0 Å². The first-order valence-electron chi connectivity index (χ1n) is 14.1. The maximum atomic E-state index is 9.58. The van der Waals surface area contributed by atoms with Crippen LogP contribution in [0.1, 0.15) is 28.2 Å². The zero-order valence-electron chi connectivity index (χ0n) is 22.8. The van der Waals surface area contributed by atoms with Gasteiger partial charge in [0.15, 0.2) is 0 Å². The highest BCUT2D eigenvalue weighted by Crippen LogP contribution is 2.47. The number of benzene rings is 5. The van der Waals surface area contributed by atoms with Crippen molar-refractivity contribution in [2.45, 2.75) is 5.92 Å². The average Bonchev–Trinajstić information content (AvgIpc) is 3.43. The zero-order valence-corrected chi connectivity index (χ0v) is 23.7. The Bertz CT molecular complexity index is 2210. The van der Waals surface area contributed by atoms with Crippen molar-refractivity contribution in [1.29, 1.82) is 5.26 Å². The van der Waals surface area contributed by atoms with E-state index in [0.717, 1.165) is 16.7 Å². The van der Waals surface area contributed by atoms with Gasteiger partial charge in [0.05, 0.1) is 11.6 Å². The molecule has 0 aliphatic heterocycles. The van der Waals surface area contributed by atoms with E-state index in [9.17, 15) is 5.26 Å². The summed E-state index contributed by atoms with van der Waals surface area (Å²) in [7, 11) is 0. The molecule has 0 spiro atoms. The monoisotopic (exact) mass is 551 g/mol. The first kappa shape index (κ1) is 24.6. The maximum absolute atomic E-state index is 9.58. The molecular weight excluding hydrogens is 527 g/mol. The minimum Gasteiger partial charge on any atom is -0.192 e. The van der Waals surface area contributed by atoms with Gasteiger partial charge in [0, 0.05) is 26.1 Å². The van der Waals surface area contributed by atoms with Gasteiger partial charge >= 0.3 is 0 Å². The molecule has 1 nitrogen and oxygen atoms in total. The summed E-state index contributed by atoms with van der Waals surface area (Å²) in [5.41, 5.74) is 12.5. The molecule has 1 atom stereocenters. The number of rotatable bonds is 3. The first-order valence-corrected chi connectivity index (χ1v) is 14.9. The van der Waals surface area contributed by atoms with Crippen LogP contribution in [0.3, 0.4) is 0 Å². The average molecular weight is 552 g/mol. The molecule has 0 saturated heterocycles. The van der Waals surface area contributed by atoms with E-state index in [0.29, 0.717) is 5.56 Å². The van der Waals surface area contributed by atoms with E-state index in [1.807, 2.05) is 35.6 Å². The van der Waals surface area contributed by atoms with Crippen LogP contribution < -0.4 is 0 Å². The fraction of sp³-hybridized carbons (Fsp3) is 0.0250. The van der Waals surface area contributed by atoms with Gasteiger partial charge in [-0.25, -0.2) is 0 Å². The second kappa shape index (κ2) is 9.70. The Labute approximate surface area is 249 Å². The molecule has 2 aliphatic rings. The number of hydrogen-bond acceptors (Lipinski definition) is 2. The van der Waals surface area contributed by atoms with Crippen molar-refractivity contribution >= 4 is 43.2 Å². The van der Waals surface area contributed by atoms with Crippen molar-refractivity contribution < 1.29 is 0 Å². The molecule has 2 heteroatoms. The van der Waals surface area contributed by atoms with E-state index in [1.165, 1.54) is 59.1 Å². The van der Waals surface area contributed by atoms with Crippen LogP contribution >= 0.6 is 11.3 Å². The van der Waals surface area contributed by atoms with Crippen molar-refractivity contribution in [3.63, 3.8) is 0 Å². The third-order valence-electron chi connectivity index (χ3n) is 8.59. The Kier molecular flexibility index (Phi) is 5.67. The quantitative estimate of drug-likeness (QED) is 0.215. The normalized spacial score (nSPS) is 15.6. The number of nitriles is 1. The van der Waals surface area contributed by atoms with Gasteiger partial charge in [0.25, 0.3) is 0 Å². The lowest BCUT2D eigenvalue weighted by Gasteiger charge is -2.30. The van der Waals surface area contributed by atoms with Crippen LogP contribution in [0, 0.1) is 11.3 Å². The Hall–Kier alpha value is -5.23. The van der Waals surface area contributed by atoms with Crippen LogP contribution in [0.2, 0.25) is 0 Å². The molecule has 5 aromatic carbocycles. The summed E-state index contributed by atoms with van der Waals surface area (Å²) in [5, 5.41) is 12.1. The first-order chi connectivity index (χ1) is 20.7. The second-order valence-electron chi connectivity index (χ2n) is 10.9. The van der Waals surface area contributed by atoms with Gasteiger partial charge in [-0.2, -0.15) is 5.26 Å². The van der Waals surface area contributed by atoms with Crippen LogP contribution in [-0.2, 0) is 0 Å². The Morgan fingerprint density at radius 3 is 2.26 bits per heavy atom. The summed E-state index contributed by atoms with van der Waals surface area (Å²) in [6.07, 6.45) is 8.94. The predicted molar refractivity (Wildman–Crippen MR) is 178 cm³/mol. The predicted octanol–water partition coefficient (Wildman–Crippen LogP) is 11.0. The highest BCUT2D eigenvalue weighted by atomic mass is 32.1. The third kappa shape index (κ3) is 3.83. The molecule has 1 unspecified atom stereocenters. The van der Waals surface area contributed by atoms with E-state index in [4.69, 9.17) is 0 Å². The number of nitrogens with zero attached hydrogens (tertiary/aromatic N) is 1. The van der Waals surface area contributed by atoms with Crippen LogP contribution in [0.4, 0.5) is 0 Å². The summed E-state index contributed by atoms with van der Waals surface area (Å²) >= 11 is 1.84. The van der Waals surface area contributed by atoms with Crippen molar-refractivity contribution in [3.8, 4) is 28.3 Å². The molecule has 0 bridgehead atoms. The summed E-state index contributed by atoms with van der Waals surface area (Å²) in [5.74, 6) is 0.182. The number of thiophene rings is 1. The fourth-order valence-electron chi connectivity index (χ4n) is 6.55. The van der Waals surface area contributed by atoms with Crippen molar-refractivity contribution in [3.05, 3.63) is 167 Å². The third-order valence-corrected chi connectivity index (χ3v) is 9.73. The molecule has 42 heavy (non-hydrogen) atoms. The molecule has 1 aromatic heterocycles. The number of hydrogen-bond donors (Lipinski definition) is 0. The highest BCUT2D eigenvalue weighted by Gasteiger charge is 2.28. The number of fused-ring (bicyclic) bond motifs is 6. The second-order valence-corrected chi connectivity index (χ2v) is 12.0. The lowest BCUT2D eigenvalue weighted by molar-refractivity contribution is 0.966. The molecular formula is C40H25NS. The van der Waals surface area contributed by atoms with Crippen LogP contribution in [-0.4, -0.2) is 0 Å². The summed E-state index contributed by atoms with van der Waals surface area (Å²) in [4.78, 5) is 0. The van der Waals surface area contributed by atoms with Crippen LogP contribution in [0.5, 0.6) is 0 Å². The van der Waals surface area contributed by atoms with Gasteiger partial charge in [-0.1, -0.05) is 116 Å². The van der Waals surface area contributed by atoms with Crippen LogP contribution in [0.25, 0.3) is 54.1 Å². The van der Waals surface area contributed by atoms with E-state index in [1.54, 1.807) is 0 Å². The van der Waals surface area contributed by atoms with Crippen molar-refractivity contribution in [2.75, 3.05) is 0 Å². The van der Waals surface area contributed by atoms with Gasteiger partial charge in [0.1, 0.15) is 0 Å². The van der Waals surface area contributed by atoms with Gasteiger partial charge < -0.3 is 0 Å². The van der Waals surface area contributed by atoms with Crippen molar-refractivity contribution in [2.24, 2.45) is 0 Å². The smallest absolute Gasteiger partial charge is 0.0998 e. The Morgan fingerprint density at radius 2 is 1.40 bits per heavy atom. The van der Waals surface area contributed by atoms with Gasteiger partial charge in [-0.05, 0) is 79.9 Å². The molecule has 6 aromatic rings. The lowest BCUT2D eigenvalue weighted by atomic mass is 9.73. The molecule has 0 fully saturated rings. The minimum absolute atomic E-state index is 0.182. The Morgan fingerprint density at radius 1 is 0.667 bits per heavy atom. The summed E-state index contributed by atoms with van der Waals surface area (Å²) < 4.78 is 2.56. The summed E-state index contributed by atoms with van der Waals surface area (Å²) in [6, 6.07) is 40.8. The topological polar surface area (TPSA) is 23.8 Å². The fourth-order valence-corrected chi connectivity index (χ4v) is 7.66. The van der Waals surface area contributed by atoms with Gasteiger partial charge in [-0.15, -0.1) is 11.3 Å². The molecule has 1 heterocycles. The molecule has 0 saturated carbocycles. The van der Waals surface area contributed by atoms with Crippen LogP contribution in [0.15, 0.2) is 145 Å².